The van der Waals surface area contributed by atoms with Gasteiger partial charge in [0.25, 0.3) is 0 Å². The Labute approximate surface area is 66.6 Å². The highest BCUT2D eigenvalue weighted by Crippen LogP contribution is 2.32. The fraction of sp³-hybridized carbons (Fsp3) is 0.857. The van der Waals surface area contributed by atoms with Crippen LogP contribution in [0.1, 0.15) is 25.7 Å². The fourth-order valence-electron chi connectivity index (χ4n) is 1.66. The Morgan fingerprint density at radius 1 is 1.36 bits per heavy atom. The summed E-state index contributed by atoms with van der Waals surface area (Å²) < 4.78 is 0. The lowest BCUT2D eigenvalue weighted by Gasteiger charge is -2.24. The van der Waals surface area contributed by atoms with E-state index in [1.165, 1.54) is 0 Å². The van der Waals surface area contributed by atoms with Crippen molar-refractivity contribution < 1.29 is 14.8 Å². The zero-order valence-electron chi connectivity index (χ0n) is 6.44. The average Bonchev–Trinajstić information content (AvgIpc) is 2.05. The van der Waals surface area contributed by atoms with Gasteiger partial charge in [0.1, 0.15) is 6.29 Å². The molecular weight excluding hydrogens is 143 g/mol. The molecule has 0 heterocycles. The van der Waals surface area contributed by atoms with Crippen LogP contribution in [0.4, 0.5) is 0 Å². The number of hydrogen-bond acceptors (Lipinski definition) is 3. The highest BCUT2D eigenvalue weighted by Gasteiger charge is 2.29. The van der Waals surface area contributed by atoms with Crippen LogP contribution in [0.2, 0.25) is 5.82 Å². The maximum absolute atomic E-state index is 10.4. The van der Waals surface area contributed by atoms with Crippen molar-refractivity contribution in [3.8, 4) is 0 Å². The van der Waals surface area contributed by atoms with Crippen LogP contribution in [0.15, 0.2) is 0 Å². The van der Waals surface area contributed by atoms with Gasteiger partial charge in [-0.3, -0.25) is 0 Å². The predicted octanol–water partition coefficient (Wildman–Crippen LogP) is 0.218. The van der Waals surface area contributed by atoms with Crippen LogP contribution < -0.4 is 0 Å². The molecule has 4 heteroatoms. The summed E-state index contributed by atoms with van der Waals surface area (Å²) in [5.74, 6) is -0.0329. The van der Waals surface area contributed by atoms with Crippen LogP contribution in [0.3, 0.4) is 0 Å². The van der Waals surface area contributed by atoms with E-state index in [0.717, 1.165) is 25.5 Å². The van der Waals surface area contributed by atoms with Crippen molar-refractivity contribution in [3.05, 3.63) is 0 Å². The van der Waals surface area contributed by atoms with E-state index in [1.807, 2.05) is 0 Å². The van der Waals surface area contributed by atoms with Crippen LogP contribution in [0.25, 0.3) is 0 Å². The molecule has 0 aromatic rings. The molecule has 0 saturated heterocycles. The first-order valence-electron chi connectivity index (χ1n) is 4.05. The Balaban J connectivity index is 2.39. The van der Waals surface area contributed by atoms with Crippen LogP contribution in [-0.2, 0) is 4.79 Å². The summed E-state index contributed by atoms with van der Waals surface area (Å²) in [5, 5.41) is 17.7. The van der Waals surface area contributed by atoms with Crippen molar-refractivity contribution in [1.82, 2.24) is 0 Å². The Morgan fingerprint density at radius 2 is 2.09 bits per heavy atom. The van der Waals surface area contributed by atoms with E-state index in [1.54, 1.807) is 0 Å². The summed E-state index contributed by atoms with van der Waals surface area (Å²) in [7, 11) is -1.24. The molecule has 0 aliphatic heterocycles. The molecule has 2 unspecified atom stereocenters. The van der Waals surface area contributed by atoms with E-state index in [-0.39, 0.29) is 11.7 Å². The van der Waals surface area contributed by atoms with E-state index in [4.69, 9.17) is 10.0 Å². The van der Waals surface area contributed by atoms with E-state index in [2.05, 4.69) is 0 Å². The fourth-order valence-corrected chi connectivity index (χ4v) is 1.66. The van der Waals surface area contributed by atoms with Crippen molar-refractivity contribution in [2.45, 2.75) is 31.5 Å². The first-order chi connectivity index (χ1) is 5.24. The van der Waals surface area contributed by atoms with E-state index in [0.29, 0.717) is 6.42 Å². The van der Waals surface area contributed by atoms with E-state index < -0.39 is 7.12 Å². The van der Waals surface area contributed by atoms with Gasteiger partial charge in [0.2, 0.25) is 0 Å². The van der Waals surface area contributed by atoms with Crippen LogP contribution in [-0.4, -0.2) is 23.5 Å². The molecule has 0 radical (unpaired) electrons. The Hall–Kier alpha value is -0.345. The SMILES string of the molecule is O=CC1CCCC(B(O)O)C1. The predicted molar refractivity (Wildman–Crippen MR) is 42.0 cm³/mol. The van der Waals surface area contributed by atoms with Crippen LogP contribution in [0.5, 0.6) is 0 Å². The normalized spacial score (nSPS) is 31.5. The zero-order valence-corrected chi connectivity index (χ0v) is 6.44. The highest BCUT2D eigenvalue weighted by atomic mass is 16.4. The van der Waals surface area contributed by atoms with Gasteiger partial charge >= 0.3 is 7.12 Å². The summed E-state index contributed by atoms with van der Waals surface area (Å²) >= 11 is 0. The summed E-state index contributed by atoms with van der Waals surface area (Å²) in [4.78, 5) is 10.4. The molecular formula is C7H13BO3. The molecule has 11 heavy (non-hydrogen) atoms. The number of aldehydes is 1. The molecule has 0 aromatic heterocycles. The Morgan fingerprint density at radius 3 is 2.64 bits per heavy atom. The maximum atomic E-state index is 10.4. The number of rotatable bonds is 2. The van der Waals surface area contributed by atoms with Crippen molar-refractivity contribution in [2.24, 2.45) is 5.92 Å². The summed E-state index contributed by atoms with van der Waals surface area (Å²) in [6, 6.07) is 0. The van der Waals surface area contributed by atoms with Crippen molar-refractivity contribution >= 4 is 13.4 Å². The lowest BCUT2D eigenvalue weighted by molar-refractivity contribution is -0.111. The Bertz CT molecular complexity index is 138. The molecule has 1 rings (SSSR count). The summed E-state index contributed by atoms with van der Waals surface area (Å²) in [6.45, 7) is 0. The molecule has 3 nitrogen and oxygen atoms in total. The molecule has 2 atom stereocenters. The largest absolute Gasteiger partial charge is 0.454 e. The highest BCUT2D eigenvalue weighted by molar-refractivity contribution is 6.43. The second-order valence-corrected chi connectivity index (χ2v) is 3.24. The minimum atomic E-state index is -1.24. The third-order valence-electron chi connectivity index (χ3n) is 2.37. The zero-order chi connectivity index (χ0) is 8.27. The molecule has 0 bridgehead atoms. The Kier molecular flexibility index (Phi) is 3.08. The van der Waals surface area contributed by atoms with Gasteiger partial charge in [-0.1, -0.05) is 12.8 Å². The standard InChI is InChI=1S/C7H13BO3/c9-5-6-2-1-3-7(4-6)8(10)11/h5-7,10-11H,1-4H2. The van der Waals surface area contributed by atoms with E-state index >= 15 is 0 Å². The second-order valence-electron chi connectivity index (χ2n) is 3.24. The summed E-state index contributed by atoms with van der Waals surface area (Å²) in [5.41, 5.74) is 0. The second kappa shape index (κ2) is 3.88. The third kappa shape index (κ3) is 2.31. The van der Waals surface area contributed by atoms with Gasteiger partial charge in [0.15, 0.2) is 0 Å². The third-order valence-corrected chi connectivity index (χ3v) is 2.37. The number of hydrogen-bond donors (Lipinski definition) is 2. The minimum absolute atomic E-state index is 0.0514. The maximum Gasteiger partial charge on any atom is 0.454 e. The van der Waals surface area contributed by atoms with E-state index in [9.17, 15) is 4.79 Å². The molecule has 1 saturated carbocycles. The molecule has 2 N–H and O–H groups in total. The van der Waals surface area contributed by atoms with Crippen molar-refractivity contribution in [2.75, 3.05) is 0 Å². The summed E-state index contributed by atoms with van der Waals surface area (Å²) in [6.07, 6.45) is 4.25. The van der Waals surface area contributed by atoms with Gasteiger partial charge in [-0.05, 0) is 18.7 Å². The van der Waals surface area contributed by atoms with Gasteiger partial charge < -0.3 is 14.8 Å². The van der Waals surface area contributed by atoms with Gasteiger partial charge in [-0.15, -0.1) is 0 Å². The molecule has 0 spiro atoms. The smallest absolute Gasteiger partial charge is 0.427 e. The van der Waals surface area contributed by atoms with Crippen molar-refractivity contribution in [3.63, 3.8) is 0 Å². The molecule has 1 aliphatic carbocycles. The first-order valence-corrected chi connectivity index (χ1v) is 4.05. The lowest BCUT2D eigenvalue weighted by atomic mass is 9.63. The van der Waals surface area contributed by atoms with Gasteiger partial charge in [-0.2, -0.15) is 0 Å². The first kappa shape index (κ1) is 8.75. The molecule has 1 aliphatic rings. The minimum Gasteiger partial charge on any atom is -0.427 e. The molecule has 0 aromatic carbocycles. The quantitative estimate of drug-likeness (QED) is 0.444. The van der Waals surface area contributed by atoms with Crippen LogP contribution >= 0.6 is 0 Å². The van der Waals surface area contributed by atoms with Crippen LogP contribution in [0, 0.1) is 5.92 Å². The number of carbonyl (C=O) groups is 1. The lowest BCUT2D eigenvalue weighted by Crippen LogP contribution is -2.26. The molecule has 0 amide bonds. The molecule has 1 fully saturated rings. The number of carbonyl (C=O) groups excluding carboxylic acids is 1. The monoisotopic (exact) mass is 156 g/mol. The molecule has 62 valence electrons. The topological polar surface area (TPSA) is 57.5 Å². The van der Waals surface area contributed by atoms with Gasteiger partial charge in [0.05, 0.1) is 0 Å². The van der Waals surface area contributed by atoms with Gasteiger partial charge in [-0.25, -0.2) is 0 Å². The van der Waals surface area contributed by atoms with Crippen molar-refractivity contribution in [1.29, 1.82) is 0 Å². The average molecular weight is 156 g/mol. The van der Waals surface area contributed by atoms with Gasteiger partial charge in [0, 0.05) is 5.92 Å².